The van der Waals surface area contributed by atoms with Crippen LogP contribution in [0, 0.1) is 5.92 Å². The monoisotopic (exact) mass is 390 g/mol. The van der Waals surface area contributed by atoms with E-state index in [1.807, 2.05) is 0 Å². The summed E-state index contributed by atoms with van der Waals surface area (Å²) >= 11 is 6.12. The Bertz CT molecular complexity index is 730. The number of methoxy groups -OCH3 is 2. The van der Waals surface area contributed by atoms with E-state index in [0.717, 1.165) is 12.8 Å². The molecule has 1 N–H and O–H groups in total. The highest BCUT2D eigenvalue weighted by Gasteiger charge is 2.25. The van der Waals surface area contributed by atoms with E-state index in [-0.39, 0.29) is 11.8 Å². The minimum absolute atomic E-state index is 0.248. The van der Waals surface area contributed by atoms with E-state index >= 15 is 0 Å². The average molecular weight is 391 g/mol. The second-order valence-corrected chi connectivity index (χ2v) is 8.40. The molecule has 7 nitrogen and oxygen atoms in total. The zero-order valence-corrected chi connectivity index (χ0v) is 16.1. The fourth-order valence-electron chi connectivity index (χ4n) is 2.83. The lowest BCUT2D eigenvalue weighted by molar-refractivity contribution is 0.0941. The molecule has 1 heterocycles. The van der Waals surface area contributed by atoms with Crippen molar-refractivity contribution >= 4 is 27.5 Å². The molecule has 1 aliphatic rings. The van der Waals surface area contributed by atoms with Gasteiger partial charge in [-0.2, -0.15) is 0 Å². The summed E-state index contributed by atoms with van der Waals surface area (Å²) in [6.45, 7) is 1.46. The third-order valence-electron chi connectivity index (χ3n) is 4.29. The Morgan fingerprint density at radius 2 is 1.92 bits per heavy atom. The van der Waals surface area contributed by atoms with Crippen LogP contribution in [0.4, 0.5) is 0 Å². The number of ether oxygens (including phenoxy) is 2. The average Bonchev–Trinajstić information content (AvgIpc) is 2.58. The largest absolute Gasteiger partial charge is 0.493 e. The van der Waals surface area contributed by atoms with Crippen LogP contribution in [-0.4, -0.2) is 58.7 Å². The van der Waals surface area contributed by atoms with Crippen LogP contribution in [0.2, 0.25) is 5.02 Å². The summed E-state index contributed by atoms with van der Waals surface area (Å²) in [7, 11) is -0.181. The van der Waals surface area contributed by atoms with Crippen LogP contribution in [0.15, 0.2) is 12.1 Å². The number of carbonyl (C=O) groups excluding carboxylic acids is 1. The second kappa shape index (κ2) is 8.25. The number of amides is 1. The van der Waals surface area contributed by atoms with Gasteiger partial charge in [-0.15, -0.1) is 0 Å². The molecule has 1 aromatic rings. The van der Waals surface area contributed by atoms with Gasteiger partial charge in [0.25, 0.3) is 5.91 Å². The van der Waals surface area contributed by atoms with E-state index in [2.05, 4.69) is 5.32 Å². The van der Waals surface area contributed by atoms with Gasteiger partial charge in [-0.3, -0.25) is 4.79 Å². The number of piperidine rings is 1. The molecule has 0 spiro atoms. The third-order valence-corrected chi connectivity index (χ3v) is 5.87. The molecule has 1 aliphatic heterocycles. The number of carbonyl (C=O) groups is 1. The van der Waals surface area contributed by atoms with E-state index in [1.165, 1.54) is 30.8 Å². The summed E-state index contributed by atoms with van der Waals surface area (Å²) in [6.07, 6.45) is 2.66. The number of halogens is 1. The zero-order chi connectivity index (χ0) is 18.6. The number of hydrogen-bond acceptors (Lipinski definition) is 5. The van der Waals surface area contributed by atoms with Crippen LogP contribution in [0.25, 0.3) is 0 Å². The predicted octanol–water partition coefficient (Wildman–Crippen LogP) is 1.76. The first-order valence-electron chi connectivity index (χ1n) is 7.91. The molecule has 0 bridgehead atoms. The Kier molecular flexibility index (Phi) is 6.53. The first-order chi connectivity index (χ1) is 11.8. The molecule has 0 aliphatic carbocycles. The lowest BCUT2D eigenvalue weighted by atomic mass is 9.98. The van der Waals surface area contributed by atoms with E-state index in [4.69, 9.17) is 21.1 Å². The van der Waals surface area contributed by atoms with Crippen molar-refractivity contribution in [2.75, 3.05) is 40.1 Å². The van der Waals surface area contributed by atoms with Gasteiger partial charge in [0.15, 0.2) is 11.5 Å². The summed E-state index contributed by atoms with van der Waals surface area (Å²) < 4.78 is 34.8. The van der Waals surface area contributed by atoms with E-state index in [1.54, 1.807) is 6.07 Å². The first kappa shape index (κ1) is 19.8. The van der Waals surface area contributed by atoms with Crippen LogP contribution < -0.4 is 14.8 Å². The molecule has 0 atom stereocenters. The smallest absolute Gasteiger partial charge is 0.251 e. The highest BCUT2D eigenvalue weighted by atomic mass is 35.5. The fraction of sp³-hybridized carbons (Fsp3) is 0.562. The molecule has 9 heteroatoms. The molecule has 1 saturated heterocycles. The zero-order valence-electron chi connectivity index (χ0n) is 14.5. The van der Waals surface area contributed by atoms with Crippen LogP contribution in [-0.2, 0) is 10.0 Å². The topological polar surface area (TPSA) is 84.9 Å². The molecule has 25 heavy (non-hydrogen) atoms. The van der Waals surface area contributed by atoms with E-state index in [9.17, 15) is 13.2 Å². The Labute approximate surface area is 153 Å². The number of nitrogens with zero attached hydrogens (tertiary/aromatic N) is 1. The summed E-state index contributed by atoms with van der Waals surface area (Å²) in [5.41, 5.74) is 0.385. The minimum Gasteiger partial charge on any atom is -0.493 e. The van der Waals surface area contributed by atoms with Gasteiger partial charge in [-0.25, -0.2) is 12.7 Å². The predicted molar refractivity (Wildman–Crippen MR) is 96.0 cm³/mol. The van der Waals surface area contributed by atoms with Crippen molar-refractivity contribution in [3.63, 3.8) is 0 Å². The highest BCUT2D eigenvalue weighted by Crippen LogP contribution is 2.36. The molecule has 0 radical (unpaired) electrons. The van der Waals surface area contributed by atoms with Gasteiger partial charge in [0, 0.05) is 25.2 Å². The van der Waals surface area contributed by atoms with Crippen molar-refractivity contribution in [1.82, 2.24) is 9.62 Å². The molecule has 140 valence electrons. The Hall–Kier alpha value is -1.51. The quantitative estimate of drug-likeness (QED) is 0.800. The van der Waals surface area contributed by atoms with Crippen LogP contribution >= 0.6 is 11.6 Å². The standard InChI is InChI=1S/C16H23ClN2O5S/c1-23-14-9-12(8-13(17)15(14)24-2)16(20)18-10-11-4-6-19(7-5-11)25(3,21)22/h8-9,11H,4-7,10H2,1-3H3,(H,18,20). The molecular formula is C16H23ClN2O5S. The van der Waals surface area contributed by atoms with Gasteiger partial charge < -0.3 is 14.8 Å². The van der Waals surface area contributed by atoms with Gasteiger partial charge in [0.1, 0.15) is 0 Å². The normalized spacial score (nSPS) is 16.5. The van der Waals surface area contributed by atoms with E-state index in [0.29, 0.717) is 41.7 Å². The Morgan fingerprint density at radius 1 is 1.28 bits per heavy atom. The lowest BCUT2D eigenvalue weighted by Crippen LogP contribution is -2.41. The SMILES string of the molecule is COc1cc(C(=O)NCC2CCN(S(C)(=O)=O)CC2)cc(Cl)c1OC. The van der Waals surface area contributed by atoms with Crippen molar-refractivity contribution in [2.45, 2.75) is 12.8 Å². The molecule has 1 amide bonds. The number of sulfonamides is 1. The van der Waals surface area contributed by atoms with Crippen molar-refractivity contribution in [2.24, 2.45) is 5.92 Å². The molecule has 1 fully saturated rings. The number of nitrogens with one attached hydrogen (secondary N) is 1. The molecule has 1 aromatic carbocycles. The number of rotatable bonds is 6. The summed E-state index contributed by atoms with van der Waals surface area (Å²) in [6, 6.07) is 3.11. The number of hydrogen-bond donors (Lipinski definition) is 1. The van der Waals surface area contributed by atoms with Gasteiger partial charge in [0.2, 0.25) is 10.0 Å². The van der Waals surface area contributed by atoms with Gasteiger partial charge >= 0.3 is 0 Å². The summed E-state index contributed by atoms with van der Waals surface area (Å²) in [5.74, 6) is 0.765. The van der Waals surface area contributed by atoms with Gasteiger partial charge in [0.05, 0.1) is 25.5 Å². The van der Waals surface area contributed by atoms with Crippen molar-refractivity contribution in [3.05, 3.63) is 22.7 Å². The lowest BCUT2D eigenvalue weighted by Gasteiger charge is -2.30. The maximum Gasteiger partial charge on any atom is 0.251 e. The van der Waals surface area contributed by atoms with Crippen LogP contribution in [0.5, 0.6) is 11.5 Å². The van der Waals surface area contributed by atoms with Crippen molar-refractivity contribution in [3.8, 4) is 11.5 Å². The molecule has 0 unspecified atom stereocenters. The fourth-order valence-corrected chi connectivity index (χ4v) is 4.00. The Morgan fingerprint density at radius 3 is 2.44 bits per heavy atom. The summed E-state index contributed by atoms with van der Waals surface area (Å²) in [5, 5.41) is 3.18. The first-order valence-corrected chi connectivity index (χ1v) is 10.1. The van der Waals surface area contributed by atoms with Gasteiger partial charge in [-0.1, -0.05) is 11.6 Å². The van der Waals surface area contributed by atoms with Crippen molar-refractivity contribution < 1.29 is 22.7 Å². The molecule has 2 rings (SSSR count). The molecule has 0 aromatic heterocycles. The van der Waals surface area contributed by atoms with Crippen LogP contribution in [0.1, 0.15) is 23.2 Å². The van der Waals surface area contributed by atoms with Crippen LogP contribution in [0.3, 0.4) is 0 Å². The van der Waals surface area contributed by atoms with E-state index < -0.39 is 10.0 Å². The second-order valence-electron chi connectivity index (χ2n) is 6.01. The third kappa shape index (κ3) is 4.99. The maximum absolute atomic E-state index is 12.4. The minimum atomic E-state index is -3.14. The number of benzene rings is 1. The van der Waals surface area contributed by atoms with Gasteiger partial charge in [-0.05, 0) is 30.9 Å². The molecule has 0 saturated carbocycles. The highest BCUT2D eigenvalue weighted by molar-refractivity contribution is 7.88. The summed E-state index contributed by atoms with van der Waals surface area (Å²) in [4.78, 5) is 12.4. The maximum atomic E-state index is 12.4. The molecular weight excluding hydrogens is 368 g/mol. The Balaban J connectivity index is 1.94. The van der Waals surface area contributed by atoms with Crippen molar-refractivity contribution in [1.29, 1.82) is 0 Å².